The predicted molar refractivity (Wildman–Crippen MR) is 60.0 cm³/mol. The van der Waals surface area contributed by atoms with Crippen LogP contribution in [0.1, 0.15) is 24.4 Å². The summed E-state index contributed by atoms with van der Waals surface area (Å²) < 4.78 is 0. The highest BCUT2D eigenvalue weighted by Crippen LogP contribution is 2.29. The fraction of sp³-hybridized carbons (Fsp3) is 0.400. The summed E-state index contributed by atoms with van der Waals surface area (Å²) in [5.74, 6) is -0.0184. The van der Waals surface area contributed by atoms with Crippen LogP contribution in [0.25, 0.3) is 0 Å². The molecular weight excluding hydrogens is 210 g/mol. The van der Waals surface area contributed by atoms with Gasteiger partial charge in [-0.25, -0.2) is 0 Å². The molecule has 0 bridgehead atoms. The van der Waals surface area contributed by atoms with Crippen LogP contribution in [0.15, 0.2) is 18.2 Å². The van der Waals surface area contributed by atoms with E-state index in [2.05, 4.69) is 0 Å². The van der Waals surface area contributed by atoms with Crippen molar-refractivity contribution >= 4 is 5.69 Å². The van der Waals surface area contributed by atoms with Crippen LogP contribution in [-0.2, 0) is 0 Å². The van der Waals surface area contributed by atoms with E-state index in [1.165, 1.54) is 18.2 Å². The van der Waals surface area contributed by atoms with Gasteiger partial charge in [-0.15, -0.1) is 0 Å². The number of aromatic hydroxyl groups is 1. The van der Waals surface area contributed by atoms with Gasteiger partial charge < -0.3 is 16.6 Å². The zero-order valence-corrected chi connectivity index (χ0v) is 8.80. The third-order valence-electron chi connectivity index (χ3n) is 2.34. The van der Waals surface area contributed by atoms with Crippen molar-refractivity contribution in [2.24, 2.45) is 11.5 Å². The zero-order chi connectivity index (χ0) is 12.1. The number of rotatable bonds is 5. The molecule has 6 nitrogen and oxygen atoms in total. The molecule has 0 saturated carbocycles. The third kappa shape index (κ3) is 2.91. The Hall–Kier alpha value is -1.66. The molecule has 0 radical (unpaired) electrons. The second-order valence-electron chi connectivity index (χ2n) is 3.54. The Kier molecular flexibility index (Phi) is 4.21. The number of nitrogens with zero attached hydrogens (tertiary/aromatic N) is 1. The van der Waals surface area contributed by atoms with E-state index in [4.69, 9.17) is 11.5 Å². The summed E-state index contributed by atoms with van der Waals surface area (Å²) in [5.41, 5.74) is 11.5. The lowest BCUT2D eigenvalue weighted by molar-refractivity contribution is -0.385. The van der Waals surface area contributed by atoms with Crippen molar-refractivity contribution < 1.29 is 10.0 Å². The summed E-state index contributed by atoms with van der Waals surface area (Å²) in [6, 6.07) is 3.41. The van der Waals surface area contributed by atoms with E-state index in [9.17, 15) is 15.2 Å². The van der Waals surface area contributed by atoms with Gasteiger partial charge in [-0.05, 0) is 25.5 Å². The first-order valence-corrected chi connectivity index (χ1v) is 4.99. The molecule has 0 amide bonds. The molecule has 0 aliphatic carbocycles. The fourth-order valence-corrected chi connectivity index (χ4v) is 1.45. The van der Waals surface area contributed by atoms with Crippen LogP contribution in [0.2, 0.25) is 0 Å². The van der Waals surface area contributed by atoms with Gasteiger partial charge in [0, 0.05) is 23.7 Å². The lowest BCUT2D eigenvalue weighted by Crippen LogP contribution is -2.13. The minimum absolute atomic E-state index is 0.0184. The SMILES string of the molecule is NCCC[C@H](N)c1cc([N+](=O)[O-])ccc1O. The molecule has 1 rings (SSSR count). The van der Waals surface area contributed by atoms with Gasteiger partial charge in [-0.1, -0.05) is 0 Å². The summed E-state index contributed by atoms with van der Waals surface area (Å²) >= 11 is 0. The Labute approximate surface area is 93.0 Å². The molecule has 0 aliphatic rings. The topological polar surface area (TPSA) is 115 Å². The monoisotopic (exact) mass is 225 g/mol. The van der Waals surface area contributed by atoms with Crippen molar-refractivity contribution in [2.75, 3.05) is 6.54 Å². The molecule has 16 heavy (non-hydrogen) atoms. The molecule has 1 atom stereocenters. The highest BCUT2D eigenvalue weighted by atomic mass is 16.6. The number of benzene rings is 1. The first kappa shape index (κ1) is 12.4. The Morgan fingerprint density at radius 1 is 1.50 bits per heavy atom. The second-order valence-corrected chi connectivity index (χ2v) is 3.54. The molecular formula is C10H15N3O3. The molecule has 5 N–H and O–H groups in total. The van der Waals surface area contributed by atoms with Gasteiger partial charge in [0.25, 0.3) is 5.69 Å². The molecule has 0 spiro atoms. The summed E-state index contributed by atoms with van der Waals surface area (Å²) in [6.45, 7) is 0.503. The van der Waals surface area contributed by atoms with E-state index in [0.29, 0.717) is 24.9 Å². The Balaban J connectivity index is 2.92. The van der Waals surface area contributed by atoms with E-state index in [1.807, 2.05) is 0 Å². The summed E-state index contributed by atoms with van der Waals surface area (Å²) in [4.78, 5) is 10.0. The number of phenolic OH excluding ortho intramolecular Hbond substituents is 1. The van der Waals surface area contributed by atoms with Crippen LogP contribution in [-0.4, -0.2) is 16.6 Å². The number of nitro benzene ring substituents is 1. The molecule has 88 valence electrons. The minimum Gasteiger partial charge on any atom is -0.508 e. The largest absolute Gasteiger partial charge is 0.508 e. The maximum atomic E-state index is 10.6. The molecule has 0 fully saturated rings. The van der Waals surface area contributed by atoms with Crippen molar-refractivity contribution in [1.82, 2.24) is 0 Å². The second kappa shape index (κ2) is 5.43. The zero-order valence-electron chi connectivity index (χ0n) is 8.80. The van der Waals surface area contributed by atoms with E-state index < -0.39 is 11.0 Å². The average molecular weight is 225 g/mol. The third-order valence-corrected chi connectivity index (χ3v) is 2.34. The van der Waals surface area contributed by atoms with Crippen molar-refractivity contribution in [2.45, 2.75) is 18.9 Å². The van der Waals surface area contributed by atoms with Crippen LogP contribution in [0.3, 0.4) is 0 Å². The quantitative estimate of drug-likeness (QED) is 0.511. The maximum absolute atomic E-state index is 10.6. The van der Waals surface area contributed by atoms with Gasteiger partial charge in [0.1, 0.15) is 5.75 Å². The van der Waals surface area contributed by atoms with E-state index in [-0.39, 0.29) is 11.4 Å². The molecule has 0 aliphatic heterocycles. The van der Waals surface area contributed by atoms with Gasteiger partial charge in [0.05, 0.1) is 4.92 Å². The van der Waals surface area contributed by atoms with Crippen molar-refractivity contribution in [3.8, 4) is 5.75 Å². The van der Waals surface area contributed by atoms with Crippen molar-refractivity contribution in [3.63, 3.8) is 0 Å². The predicted octanol–water partition coefficient (Wildman–Crippen LogP) is 1.04. The number of nitro groups is 1. The first-order chi connectivity index (χ1) is 7.56. The van der Waals surface area contributed by atoms with E-state index >= 15 is 0 Å². The molecule has 0 heterocycles. The minimum atomic E-state index is -0.515. The normalized spacial score (nSPS) is 12.4. The van der Waals surface area contributed by atoms with Crippen molar-refractivity contribution in [3.05, 3.63) is 33.9 Å². The summed E-state index contributed by atoms with van der Waals surface area (Å²) in [6.07, 6.45) is 1.30. The number of nitrogens with two attached hydrogens (primary N) is 2. The molecule has 1 aromatic carbocycles. The highest BCUT2D eigenvalue weighted by Gasteiger charge is 2.15. The number of phenols is 1. The number of hydrogen-bond acceptors (Lipinski definition) is 5. The average Bonchev–Trinajstić information content (AvgIpc) is 2.26. The Bertz CT molecular complexity index is 382. The van der Waals surface area contributed by atoms with Crippen LogP contribution in [0, 0.1) is 10.1 Å². The van der Waals surface area contributed by atoms with Gasteiger partial charge in [-0.2, -0.15) is 0 Å². The van der Waals surface area contributed by atoms with Crippen LogP contribution in [0.5, 0.6) is 5.75 Å². The summed E-state index contributed by atoms with van der Waals surface area (Å²) in [5, 5.41) is 20.1. The first-order valence-electron chi connectivity index (χ1n) is 4.99. The maximum Gasteiger partial charge on any atom is 0.270 e. The standard InChI is InChI=1S/C10H15N3O3/c11-5-1-2-9(12)8-6-7(13(15)16)3-4-10(8)14/h3-4,6,9,14H,1-2,5,11-12H2/t9-/m0/s1. The Morgan fingerprint density at radius 3 is 2.75 bits per heavy atom. The van der Waals surface area contributed by atoms with Crippen LogP contribution < -0.4 is 11.5 Å². The van der Waals surface area contributed by atoms with Gasteiger partial charge in [0.2, 0.25) is 0 Å². The molecule has 6 heteroatoms. The molecule has 1 aromatic rings. The highest BCUT2D eigenvalue weighted by molar-refractivity contribution is 5.44. The van der Waals surface area contributed by atoms with E-state index in [1.54, 1.807) is 0 Å². The lowest BCUT2D eigenvalue weighted by Gasteiger charge is -2.12. The fourth-order valence-electron chi connectivity index (χ4n) is 1.45. The molecule has 0 saturated heterocycles. The molecule has 0 unspecified atom stereocenters. The lowest BCUT2D eigenvalue weighted by atomic mass is 10.0. The smallest absolute Gasteiger partial charge is 0.270 e. The summed E-state index contributed by atoms with van der Waals surface area (Å²) in [7, 11) is 0. The number of non-ortho nitro benzene ring substituents is 1. The van der Waals surface area contributed by atoms with Gasteiger partial charge in [-0.3, -0.25) is 10.1 Å². The Morgan fingerprint density at radius 2 is 2.19 bits per heavy atom. The van der Waals surface area contributed by atoms with Crippen molar-refractivity contribution in [1.29, 1.82) is 0 Å². The molecule has 0 aromatic heterocycles. The van der Waals surface area contributed by atoms with E-state index in [0.717, 1.165) is 0 Å². The number of hydrogen-bond donors (Lipinski definition) is 3. The van der Waals surface area contributed by atoms with Gasteiger partial charge in [0.15, 0.2) is 0 Å². The van der Waals surface area contributed by atoms with Crippen LogP contribution >= 0.6 is 0 Å². The van der Waals surface area contributed by atoms with Gasteiger partial charge >= 0.3 is 0 Å². The van der Waals surface area contributed by atoms with Crippen LogP contribution in [0.4, 0.5) is 5.69 Å².